The molecule has 0 aromatic heterocycles. The Morgan fingerprint density at radius 3 is 1.88 bits per heavy atom. The lowest BCUT2D eigenvalue weighted by atomic mass is 9.94. The van der Waals surface area contributed by atoms with Gasteiger partial charge >= 0.3 is 0 Å². The summed E-state index contributed by atoms with van der Waals surface area (Å²) < 4.78 is 0. The summed E-state index contributed by atoms with van der Waals surface area (Å²) >= 11 is 0. The number of benzene rings is 4. The van der Waals surface area contributed by atoms with Crippen molar-refractivity contribution in [1.82, 2.24) is 0 Å². The minimum absolute atomic E-state index is 0.0640. The van der Waals surface area contributed by atoms with Crippen LogP contribution in [0.5, 0.6) is 0 Å². The van der Waals surface area contributed by atoms with Crippen molar-refractivity contribution in [2.45, 2.75) is 0 Å². The van der Waals surface area contributed by atoms with E-state index in [0.29, 0.717) is 5.39 Å². The zero-order chi connectivity index (χ0) is 18.1. The number of anilines is 1. The molecule has 0 radical (unpaired) electrons. The van der Waals surface area contributed by atoms with E-state index in [1.807, 2.05) is 66.7 Å². The molecule has 0 heterocycles. The van der Waals surface area contributed by atoms with Gasteiger partial charge in [0.05, 0.1) is 4.92 Å². The van der Waals surface area contributed by atoms with Gasteiger partial charge in [-0.25, -0.2) is 0 Å². The lowest BCUT2D eigenvalue weighted by Crippen LogP contribution is -1.98. The highest BCUT2D eigenvalue weighted by Crippen LogP contribution is 2.38. The van der Waals surface area contributed by atoms with Crippen molar-refractivity contribution in [3.63, 3.8) is 0 Å². The van der Waals surface area contributed by atoms with Gasteiger partial charge in [-0.3, -0.25) is 10.1 Å². The van der Waals surface area contributed by atoms with Crippen molar-refractivity contribution in [2.75, 3.05) is 5.73 Å². The molecule has 0 aliphatic rings. The molecule has 4 aromatic carbocycles. The summed E-state index contributed by atoms with van der Waals surface area (Å²) in [7, 11) is 0. The maximum atomic E-state index is 11.4. The highest BCUT2D eigenvalue weighted by Gasteiger charge is 2.18. The molecule has 126 valence electrons. The average molecular weight is 340 g/mol. The van der Waals surface area contributed by atoms with Gasteiger partial charge in [0.1, 0.15) is 5.69 Å². The predicted octanol–water partition coefficient (Wildman–Crippen LogP) is 5.66. The molecule has 0 saturated heterocycles. The Morgan fingerprint density at radius 1 is 0.692 bits per heavy atom. The van der Waals surface area contributed by atoms with Crippen LogP contribution in [0.4, 0.5) is 11.4 Å². The van der Waals surface area contributed by atoms with Gasteiger partial charge in [0.2, 0.25) is 0 Å². The van der Waals surface area contributed by atoms with E-state index in [1.54, 1.807) is 6.07 Å². The Balaban J connectivity index is 1.89. The molecule has 26 heavy (non-hydrogen) atoms. The van der Waals surface area contributed by atoms with Crippen molar-refractivity contribution in [3.8, 4) is 22.3 Å². The molecule has 0 saturated carbocycles. The standard InChI is InChI=1S/C22H16N2O2/c23-22-19-9-5-4-8-18(19)20(14-21(22)24(25)26)17-12-10-16(11-13-17)15-6-2-1-3-7-15/h1-14H,23H2. The molecule has 0 aliphatic heterocycles. The topological polar surface area (TPSA) is 69.2 Å². The van der Waals surface area contributed by atoms with Crippen molar-refractivity contribution in [2.24, 2.45) is 0 Å². The summed E-state index contributed by atoms with van der Waals surface area (Å²) in [6.07, 6.45) is 0. The Bertz CT molecular complexity index is 1100. The quantitative estimate of drug-likeness (QED) is 0.297. The number of hydrogen-bond donors (Lipinski definition) is 1. The fourth-order valence-corrected chi connectivity index (χ4v) is 3.25. The zero-order valence-corrected chi connectivity index (χ0v) is 13.9. The van der Waals surface area contributed by atoms with E-state index in [9.17, 15) is 10.1 Å². The summed E-state index contributed by atoms with van der Waals surface area (Å²) in [5.74, 6) is 0. The predicted molar refractivity (Wildman–Crippen MR) is 106 cm³/mol. The second-order valence-corrected chi connectivity index (χ2v) is 6.10. The molecule has 0 unspecified atom stereocenters. The number of nitro benzene ring substituents is 1. The Hall–Kier alpha value is -3.66. The number of fused-ring (bicyclic) bond motifs is 1. The van der Waals surface area contributed by atoms with E-state index < -0.39 is 4.92 Å². The van der Waals surface area contributed by atoms with Crippen LogP contribution in [0.15, 0.2) is 84.9 Å². The van der Waals surface area contributed by atoms with E-state index in [2.05, 4.69) is 12.1 Å². The van der Waals surface area contributed by atoms with Crippen LogP contribution in [0.1, 0.15) is 0 Å². The normalized spacial score (nSPS) is 10.8. The average Bonchev–Trinajstić information content (AvgIpc) is 2.69. The maximum Gasteiger partial charge on any atom is 0.293 e. The molecule has 4 aromatic rings. The van der Waals surface area contributed by atoms with Gasteiger partial charge in [-0.15, -0.1) is 0 Å². The van der Waals surface area contributed by atoms with Crippen LogP contribution in [-0.4, -0.2) is 4.92 Å². The van der Waals surface area contributed by atoms with Gasteiger partial charge < -0.3 is 5.73 Å². The van der Waals surface area contributed by atoms with Gasteiger partial charge in [-0.1, -0.05) is 78.9 Å². The second kappa shape index (κ2) is 6.33. The van der Waals surface area contributed by atoms with Crippen LogP contribution in [0, 0.1) is 10.1 Å². The molecule has 0 fully saturated rings. The van der Waals surface area contributed by atoms with Crippen LogP contribution in [0.3, 0.4) is 0 Å². The lowest BCUT2D eigenvalue weighted by molar-refractivity contribution is -0.383. The number of nitrogens with zero attached hydrogens (tertiary/aromatic N) is 1. The SMILES string of the molecule is Nc1c([N+](=O)[O-])cc(-c2ccc(-c3ccccc3)cc2)c2ccccc12. The molecular weight excluding hydrogens is 324 g/mol. The molecule has 4 rings (SSSR count). The molecule has 0 atom stereocenters. The maximum absolute atomic E-state index is 11.4. The van der Waals surface area contributed by atoms with E-state index in [1.165, 1.54) is 0 Å². The van der Waals surface area contributed by atoms with Gasteiger partial charge in [0.15, 0.2) is 0 Å². The molecule has 2 N–H and O–H groups in total. The van der Waals surface area contributed by atoms with Gasteiger partial charge in [0, 0.05) is 11.5 Å². The monoisotopic (exact) mass is 340 g/mol. The fraction of sp³-hybridized carbons (Fsp3) is 0. The fourth-order valence-electron chi connectivity index (χ4n) is 3.25. The Labute approximate surface area is 150 Å². The minimum Gasteiger partial charge on any atom is -0.393 e. The number of rotatable bonds is 3. The van der Waals surface area contributed by atoms with Crippen LogP contribution in [0.2, 0.25) is 0 Å². The van der Waals surface area contributed by atoms with E-state index in [-0.39, 0.29) is 11.4 Å². The first-order chi connectivity index (χ1) is 12.6. The smallest absolute Gasteiger partial charge is 0.293 e. The first kappa shape index (κ1) is 15.8. The summed E-state index contributed by atoms with van der Waals surface area (Å²) in [5.41, 5.74) is 10.1. The summed E-state index contributed by atoms with van der Waals surface area (Å²) in [6.45, 7) is 0. The lowest BCUT2D eigenvalue weighted by Gasteiger charge is -2.11. The Morgan fingerprint density at radius 2 is 1.23 bits per heavy atom. The van der Waals surface area contributed by atoms with E-state index in [4.69, 9.17) is 5.73 Å². The van der Waals surface area contributed by atoms with Crippen molar-refractivity contribution >= 4 is 22.1 Å². The largest absolute Gasteiger partial charge is 0.393 e. The molecular formula is C22H16N2O2. The minimum atomic E-state index is -0.427. The molecule has 4 heteroatoms. The highest BCUT2D eigenvalue weighted by molar-refractivity contribution is 6.06. The van der Waals surface area contributed by atoms with Crippen LogP contribution >= 0.6 is 0 Å². The van der Waals surface area contributed by atoms with Gasteiger partial charge in [-0.05, 0) is 27.6 Å². The molecule has 0 spiro atoms. The third-order valence-corrected chi connectivity index (χ3v) is 4.56. The van der Waals surface area contributed by atoms with E-state index in [0.717, 1.165) is 27.6 Å². The molecule has 0 amide bonds. The number of nitro groups is 1. The van der Waals surface area contributed by atoms with Crippen molar-refractivity contribution in [3.05, 3.63) is 95.0 Å². The van der Waals surface area contributed by atoms with Crippen molar-refractivity contribution in [1.29, 1.82) is 0 Å². The van der Waals surface area contributed by atoms with Gasteiger partial charge in [0.25, 0.3) is 5.69 Å². The number of nitrogens with two attached hydrogens (primary N) is 1. The number of nitrogen functional groups attached to an aromatic ring is 1. The summed E-state index contributed by atoms with van der Waals surface area (Å²) in [6, 6.07) is 27.2. The summed E-state index contributed by atoms with van der Waals surface area (Å²) in [4.78, 5) is 11.0. The van der Waals surface area contributed by atoms with E-state index >= 15 is 0 Å². The first-order valence-corrected chi connectivity index (χ1v) is 8.26. The third-order valence-electron chi connectivity index (χ3n) is 4.56. The van der Waals surface area contributed by atoms with Crippen LogP contribution < -0.4 is 5.73 Å². The Kier molecular flexibility index (Phi) is 3.86. The van der Waals surface area contributed by atoms with Crippen LogP contribution in [0.25, 0.3) is 33.0 Å². The highest BCUT2D eigenvalue weighted by atomic mass is 16.6. The third kappa shape index (κ3) is 2.67. The zero-order valence-electron chi connectivity index (χ0n) is 13.9. The molecule has 0 aliphatic carbocycles. The first-order valence-electron chi connectivity index (χ1n) is 8.26. The van der Waals surface area contributed by atoms with Gasteiger partial charge in [-0.2, -0.15) is 0 Å². The van der Waals surface area contributed by atoms with Crippen LogP contribution in [-0.2, 0) is 0 Å². The number of hydrogen-bond acceptors (Lipinski definition) is 3. The summed E-state index contributed by atoms with van der Waals surface area (Å²) in [5, 5.41) is 13.0. The van der Waals surface area contributed by atoms with Crippen molar-refractivity contribution < 1.29 is 4.92 Å². The molecule has 4 nitrogen and oxygen atoms in total. The molecule has 0 bridgehead atoms. The second-order valence-electron chi connectivity index (χ2n) is 6.10.